The van der Waals surface area contributed by atoms with Crippen molar-refractivity contribution >= 4 is 29.5 Å². The Kier molecular flexibility index (Phi) is 3.32. The molecule has 3 heteroatoms. The predicted molar refractivity (Wildman–Crippen MR) is 62.2 cm³/mol. The third kappa shape index (κ3) is 2.19. The summed E-state index contributed by atoms with van der Waals surface area (Å²) >= 11 is 11.9. The number of benzene rings is 1. The van der Waals surface area contributed by atoms with E-state index in [1.165, 1.54) is 6.42 Å². The minimum Gasteiger partial charge on any atom is -0.290 e. The van der Waals surface area contributed by atoms with Crippen molar-refractivity contribution in [3.8, 4) is 0 Å². The van der Waals surface area contributed by atoms with Gasteiger partial charge in [0.25, 0.3) is 0 Å². The van der Waals surface area contributed by atoms with Crippen molar-refractivity contribution in [1.29, 1.82) is 0 Å². The smallest absolute Gasteiger partial charge is 0.206 e. The van der Waals surface area contributed by atoms with Crippen molar-refractivity contribution in [2.45, 2.75) is 25.2 Å². The van der Waals surface area contributed by atoms with Gasteiger partial charge in [-0.2, -0.15) is 0 Å². The van der Waals surface area contributed by atoms with E-state index in [0.717, 1.165) is 18.4 Å². The first-order valence-corrected chi connectivity index (χ1v) is 5.80. The van der Waals surface area contributed by atoms with Gasteiger partial charge in [0.05, 0.1) is 5.92 Å². The van der Waals surface area contributed by atoms with E-state index in [4.69, 9.17) is 23.2 Å². The fourth-order valence-electron chi connectivity index (χ4n) is 1.94. The highest BCUT2D eigenvalue weighted by molar-refractivity contribution is 6.35. The lowest BCUT2D eigenvalue weighted by atomic mass is 9.74. The van der Waals surface area contributed by atoms with Gasteiger partial charge in [-0.1, -0.05) is 35.7 Å². The number of carbonyl (C=O) groups excluding carboxylic acids is 1. The molecule has 0 aliphatic heterocycles. The second kappa shape index (κ2) is 4.54. The molecule has 1 aliphatic rings. The number of hydrogen-bond acceptors (Lipinski definition) is 1. The average Bonchev–Trinajstić information content (AvgIpc) is 2.12. The first-order valence-electron chi connectivity index (χ1n) is 5.05. The normalized spacial score (nSPS) is 18.3. The van der Waals surface area contributed by atoms with Gasteiger partial charge in [-0.15, -0.1) is 0 Å². The van der Waals surface area contributed by atoms with Gasteiger partial charge in [0.15, 0.2) is 0 Å². The molecule has 0 spiro atoms. The average molecular weight is 242 g/mol. The maximum atomic E-state index is 11.0. The number of halogens is 2. The van der Waals surface area contributed by atoms with E-state index < -0.39 is 0 Å². The highest BCUT2D eigenvalue weighted by Gasteiger charge is 2.30. The summed E-state index contributed by atoms with van der Waals surface area (Å²) in [6, 6.07) is 5.28. The molecule has 2 rings (SSSR count). The number of hydrogen-bond donors (Lipinski definition) is 0. The van der Waals surface area contributed by atoms with Crippen molar-refractivity contribution in [1.82, 2.24) is 0 Å². The zero-order valence-corrected chi connectivity index (χ0v) is 9.68. The largest absolute Gasteiger partial charge is 0.290 e. The van der Waals surface area contributed by atoms with Crippen LogP contribution in [0.25, 0.3) is 0 Å². The van der Waals surface area contributed by atoms with Gasteiger partial charge >= 0.3 is 0 Å². The van der Waals surface area contributed by atoms with Crippen LogP contribution in [0.1, 0.15) is 30.7 Å². The third-order valence-corrected chi connectivity index (χ3v) is 3.61. The van der Waals surface area contributed by atoms with Gasteiger partial charge in [0.2, 0.25) is 6.29 Å². The molecule has 0 amide bonds. The van der Waals surface area contributed by atoms with Crippen molar-refractivity contribution in [2.24, 2.45) is 5.92 Å². The quantitative estimate of drug-likeness (QED) is 0.783. The Morgan fingerprint density at radius 1 is 1.33 bits per heavy atom. The van der Waals surface area contributed by atoms with Crippen molar-refractivity contribution in [3.63, 3.8) is 0 Å². The highest BCUT2D eigenvalue weighted by atomic mass is 35.5. The molecular weight excluding hydrogens is 231 g/mol. The van der Waals surface area contributed by atoms with Gasteiger partial charge in [-0.3, -0.25) is 4.79 Å². The summed E-state index contributed by atoms with van der Waals surface area (Å²) in [5.41, 5.74) is 0.862. The van der Waals surface area contributed by atoms with Crippen LogP contribution in [0, 0.1) is 5.92 Å². The van der Waals surface area contributed by atoms with E-state index in [-0.39, 0.29) is 5.92 Å². The Balaban J connectivity index is 2.29. The molecule has 0 bridgehead atoms. The van der Waals surface area contributed by atoms with Crippen molar-refractivity contribution < 1.29 is 4.79 Å². The molecule has 1 saturated carbocycles. The van der Waals surface area contributed by atoms with Gasteiger partial charge < -0.3 is 0 Å². The van der Waals surface area contributed by atoms with E-state index in [1.807, 2.05) is 6.07 Å². The summed E-state index contributed by atoms with van der Waals surface area (Å²) in [5, 5.41) is 1.17. The molecule has 1 aromatic carbocycles. The van der Waals surface area contributed by atoms with Gasteiger partial charge in [0.1, 0.15) is 0 Å². The monoisotopic (exact) mass is 241 g/mol. The van der Waals surface area contributed by atoms with Gasteiger partial charge in [-0.05, 0) is 36.5 Å². The topological polar surface area (TPSA) is 17.1 Å². The Morgan fingerprint density at radius 3 is 2.53 bits per heavy atom. The summed E-state index contributed by atoms with van der Waals surface area (Å²) < 4.78 is 0. The lowest BCUT2D eigenvalue weighted by Crippen LogP contribution is -2.21. The molecule has 1 unspecified atom stereocenters. The van der Waals surface area contributed by atoms with Crippen LogP contribution in [0.5, 0.6) is 0 Å². The Morgan fingerprint density at radius 2 is 2.07 bits per heavy atom. The summed E-state index contributed by atoms with van der Waals surface area (Å²) in [6.45, 7) is 0. The molecule has 1 aromatic rings. The van der Waals surface area contributed by atoms with E-state index in [0.29, 0.717) is 16.0 Å². The molecular formula is C12H11Cl2O. The van der Waals surface area contributed by atoms with E-state index in [9.17, 15) is 4.79 Å². The molecule has 0 heterocycles. The lowest BCUT2D eigenvalue weighted by Gasteiger charge is -2.30. The zero-order valence-electron chi connectivity index (χ0n) is 8.17. The first-order chi connectivity index (χ1) is 7.22. The summed E-state index contributed by atoms with van der Waals surface area (Å²) in [6.07, 6.45) is 5.50. The zero-order chi connectivity index (χ0) is 10.8. The molecule has 1 radical (unpaired) electrons. The predicted octanol–water partition coefficient (Wildman–Crippen LogP) is 3.99. The maximum Gasteiger partial charge on any atom is 0.206 e. The van der Waals surface area contributed by atoms with Crippen LogP contribution < -0.4 is 0 Å². The SMILES string of the molecule is O=[C]C(c1ccc(Cl)cc1Cl)C1CCC1. The highest BCUT2D eigenvalue weighted by Crippen LogP contribution is 2.40. The van der Waals surface area contributed by atoms with E-state index >= 15 is 0 Å². The van der Waals surface area contributed by atoms with Crippen LogP contribution in [0.15, 0.2) is 18.2 Å². The second-order valence-corrected chi connectivity index (χ2v) is 4.80. The molecule has 1 fully saturated rings. The maximum absolute atomic E-state index is 11.0. The first kappa shape index (κ1) is 11.0. The molecule has 79 valence electrons. The molecule has 0 aromatic heterocycles. The van der Waals surface area contributed by atoms with Crippen LogP contribution in [0.2, 0.25) is 10.0 Å². The number of rotatable bonds is 3. The van der Waals surface area contributed by atoms with Crippen molar-refractivity contribution in [2.75, 3.05) is 0 Å². The summed E-state index contributed by atoms with van der Waals surface area (Å²) in [4.78, 5) is 11.0. The van der Waals surface area contributed by atoms with Gasteiger partial charge in [-0.25, -0.2) is 0 Å². The summed E-state index contributed by atoms with van der Waals surface area (Å²) in [7, 11) is 0. The van der Waals surface area contributed by atoms with Crippen LogP contribution in [0.3, 0.4) is 0 Å². The van der Waals surface area contributed by atoms with Crippen LogP contribution in [-0.2, 0) is 4.79 Å². The minimum absolute atomic E-state index is 0.177. The molecule has 1 atom stereocenters. The summed E-state index contributed by atoms with van der Waals surface area (Å²) in [5.74, 6) is 0.240. The lowest BCUT2D eigenvalue weighted by molar-refractivity contribution is 0.293. The Labute approximate surface area is 99.4 Å². The van der Waals surface area contributed by atoms with Crippen LogP contribution >= 0.6 is 23.2 Å². The second-order valence-electron chi connectivity index (χ2n) is 3.95. The molecule has 1 aliphatic carbocycles. The Hall–Kier alpha value is -0.530. The fraction of sp³-hybridized carbons (Fsp3) is 0.417. The van der Waals surface area contributed by atoms with Gasteiger partial charge in [0, 0.05) is 10.0 Å². The standard InChI is InChI=1S/C12H11Cl2O/c13-9-4-5-10(12(14)6-9)11(7-15)8-2-1-3-8/h4-6,8,11H,1-3H2. The molecule has 0 N–H and O–H groups in total. The van der Waals surface area contributed by atoms with Crippen molar-refractivity contribution in [3.05, 3.63) is 33.8 Å². The fourth-order valence-corrected chi connectivity index (χ4v) is 2.47. The molecule has 1 nitrogen and oxygen atoms in total. The minimum atomic E-state index is -0.177. The third-order valence-electron chi connectivity index (χ3n) is 3.05. The molecule has 0 saturated heterocycles. The molecule has 15 heavy (non-hydrogen) atoms. The van der Waals surface area contributed by atoms with E-state index in [1.54, 1.807) is 12.1 Å². The van der Waals surface area contributed by atoms with Crippen LogP contribution in [0.4, 0.5) is 0 Å². The van der Waals surface area contributed by atoms with E-state index in [2.05, 4.69) is 6.29 Å². The Bertz CT molecular complexity index is 372. The van der Waals surface area contributed by atoms with Crippen LogP contribution in [-0.4, -0.2) is 6.29 Å².